The zero-order valence-electron chi connectivity index (χ0n) is 15.3. The molecule has 0 fully saturated rings. The van der Waals surface area contributed by atoms with Crippen LogP contribution in [0.4, 0.5) is 22.7 Å². The molecule has 0 radical (unpaired) electrons. The van der Waals surface area contributed by atoms with E-state index in [2.05, 4.69) is 10.2 Å². The van der Waals surface area contributed by atoms with E-state index in [-0.39, 0.29) is 40.6 Å². The van der Waals surface area contributed by atoms with Crippen molar-refractivity contribution in [1.29, 1.82) is 0 Å². The summed E-state index contributed by atoms with van der Waals surface area (Å²) < 4.78 is 67.9. The van der Waals surface area contributed by atoms with E-state index in [4.69, 9.17) is 11.5 Å². The van der Waals surface area contributed by atoms with E-state index in [9.17, 15) is 31.0 Å². The van der Waals surface area contributed by atoms with Gasteiger partial charge in [0.25, 0.3) is 10.1 Å². The van der Waals surface area contributed by atoms with Crippen LogP contribution in [0.15, 0.2) is 62.5 Å². The summed E-state index contributed by atoms with van der Waals surface area (Å²) in [5.74, 6) is -0.820. The molecular weight excluding hydrogens is 447 g/mol. The first-order valence-corrected chi connectivity index (χ1v) is 10.5. The summed E-state index contributed by atoms with van der Waals surface area (Å²) in [4.78, 5) is -1.89. The average Bonchev–Trinajstić information content (AvgIpc) is 2.60. The second-order valence-electron chi connectivity index (χ2n) is 5.87. The van der Waals surface area contributed by atoms with Crippen molar-refractivity contribution in [3.05, 3.63) is 42.5 Å². The van der Waals surface area contributed by atoms with Gasteiger partial charge in [0, 0.05) is 22.1 Å². The van der Waals surface area contributed by atoms with E-state index in [1.165, 1.54) is 30.3 Å². The van der Waals surface area contributed by atoms with E-state index >= 15 is 0 Å². The molecule has 0 aliphatic heterocycles. The number of nitrogens with zero attached hydrogens (tertiary/aromatic N) is 2. The smallest absolute Gasteiger partial charge is 0.744 e. The SMILES string of the molecule is Nc1ccc(N=Nc2c(S(=O)(=O)O)cc3c(S(=O)(=O)[O-])c(N)ccc3c2O)cc1.[Na+]. The maximum atomic E-state index is 11.8. The number of rotatable bonds is 4. The van der Waals surface area contributed by atoms with Crippen molar-refractivity contribution in [3.63, 3.8) is 0 Å². The molecule has 11 nitrogen and oxygen atoms in total. The topological polar surface area (TPSA) is 209 Å². The Kier molecular flexibility index (Phi) is 6.78. The minimum Gasteiger partial charge on any atom is -0.744 e. The van der Waals surface area contributed by atoms with Crippen molar-refractivity contribution < 1.29 is 60.6 Å². The van der Waals surface area contributed by atoms with Crippen LogP contribution in [-0.2, 0) is 20.2 Å². The molecule has 0 saturated heterocycles. The molecule has 0 aromatic heterocycles. The first kappa shape index (κ1) is 24.0. The zero-order valence-corrected chi connectivity index (χ0v) is 19.0. The maximum Gasteiger partial charge on any atom is 1.00 e. The molecule has 30 heavy (non-hydrogen) atoms. The number of phenols is 1. The molecule has 0 heterocycles. The summed E-state index contributed by atoms with van der Waals surface area (Å²) >= 11 is 0. The van der Waals surface area contributed by atoms with Crippen LogP contribution in [-0.4, -0.2) is 31.0 Å². The van der Waals surface area contributed by atoms with Crippen molar-refractivity contribution in [2.75, 3.05) is 11.5 Å². The number of hydrogen-bond donors (Lipinski definition) is 4. The van der Waals surface area contributed by atoms with E-state index < -0.39 is 52.5 Å². The molecule has 3 aromatic carbocycles. The van der Waals surface area contributed by atoms with Crippen molar-refractivity contribution >= 4 is 53.8 Å². The van der Waals surface area contributed by atoms with Crippen LogP contribution >= 0.6 is 0 Å². The van der Waals surface area contributed by atoms with Crippen LogP contribution in [0.3, 0.4) is 0 Å². The van der Waals surface area contributed by atoms with Crippen molar-refractivity contribution in [2.45, 2.75) is 9.79 Å². The molecule has 6 N–H and O–H groups in total. The monoisotopic (exact) mass is 460 g/mol. The first-order chi connectivity index (χ1) is 13.4. The number of anilines is 2. The Morgan fingerprint density at radius 3 is 2.03 bits per heavy atom. The largest absolute Gasteiger partial charge is 1.00 e. The molecule has 152 valence electrons. The third-order valence-corrected chi connectivity index (χ3v) is 5.72. The minimum absolute atomic E-state index is 0. The van der Waals surface area contributed by atoms with Crippen LogP contribution in [0, 0.1) is 0 Å². The van der Waals surface area contributed by atoms with Gasteiger partial charge in [-0.05, 0) is 42.5 Å². The Morgan fingerprint density at radius 1 is 0.900 bits per heavy atom. The summed E-state index contributed by atoms with van der Waals surface area (Å²) in [5.41, 5.74) is 10.7. The van der Waals surface area contributed by atoms with E-state index in [1.807, 2.05) is 0 Å². The normalized spacial score (nSPS) is 12.2. The van der Waals surface area contributed by atoms with Gasteiger partial charge in [0.2, 0.25) is 0 Å². The maximum absolute atomic E-state index is 11.8. The van der Waals surface area contributed by atoms with Gasteiger partial charge in [-0.3, -0.25) is 4.55 Å². The number of phenolic OH excluding ortho intramolecular Hbond substituents is 1. The van der Waals surface area contributed by atoms with Crippen LogP contribution < -0.4 is 41.0 Å². The standard InChI is InChI=1S/C16H14N4O7S2.Na/c17-8-1-3-9(4-2-8)19-20-14-13(28(22,23)24)7-11-10(15(14)21)5-6-12(18)16(11)29(25,26)27;/h1-7,21H,17-18H2,(H,22,23,24)(H,25,26,27);/q;+1/p-1. The van der Waals surface area contributed by atoms with E-state index in [0.717, 1.165) is 6.07 Å². The molecule has 0 spiro atoms. The van der Waals surface area contributed by atoms with Gasteiger partial charge in [-0.15, -0.1) is 5.11 Å². The second kappa shape index (κ2) is 8.47. The van der Waals surface area contributed by atoms with Crippen molar-refractivity contribution in [3.8, 4) is 5.75 Å². The van der Waals surface area contributed by atoms with E-state index in [1.54, 1.807) is 0 Å². The van der Waals surface area contributed by atoms with Crippen LogP contribution in [0.25, 0.3) is 10.8 Å². The molecule has 0 bridgehead atoms. The zero-order chi connectivity index (χ0) is 21.6. The van der Waals surface area contributed by atoms with Gasteiger partial charge in [0.05, 0.1) is 10.6 Å². The van der Waals surface area contributed by atoms with Gasteiger partial charge in [-0.25, -0.2) is 8.42 Å². The van der Waals surface area contributed by atoms with Crippen LogP contribution in [0.2, 0.25) is 0 Å². The predicted octanol–water partition coefficient (Wildman–Crippen LogP) is -0.720. The Hall–Kier alpha value is -2.26. The fourth-order valence-electron chi connectivity index (χ4n) is 2.63. The Bertz CT molecular complexity index is 1370. The molecule has 0 saturated carbocycles. The van der Waals surface area contributed by atoms with Gasteiger partial charge in [-0.1, -0.05) is 0 Å². The number of azo groups is 1. The van der Waals surface area contributed by atoms with Crippen molar-refractivity contribution in [2.24, 2.45) is 10.2 Å². The number of nitrogen functional groups attached to an aromatic ring is 2. The summed E-state index contributed by atoms with van der Waals surface area (Å²) in [5, 5.41) is 17.2. The molecule has 3 rings (SSSR count). The number of hydrogen-bond acceptors (Lipinski definition) is 10. The minimum atomic E-state index is -5.14. The fraction of sp³-hybridized carbons (Fsp3) is 0. The summed E-state index contributed by atoms with van der Waals surface area (Å²) in [6.45, 7) is 0. The molecule has 0 atom stereocenters. The predicted molar refractivity (Wildman–Crippen MR) is 103 cm³/mol. The molecule has 0 amide bonds. The van der Waals surface area contributed by atoms with Gasteiger partial charge in [-0.2, -0.15) is 13.5 Å². The fourth-order valence-corrected chi connectivity index (χ4v) is 4.07. The van der Waals surface area contributed by atoms with Gasteiger partial charge in [0.1, 0.15) is 20.7 Å². The summed E-state index contributed by atoms with van der Waals surface area (Å²) in [7, 11) is -10.1. The Morgan fingerprint density at radius 2 is 1.50 bits per heavy atom. The molecule has 0 unspecified atom stereocenters. The Labute approximate surface area is 193 Å². The first-order valence-electron chi connectivity index (χ1n) is 7.68. The van der Waals surface area contributed by atoms with Crippen LogP contribution in [0.1, 0.15) is 0 Å². The van der Waals surface area contributed by atoms with E-state index in [0.29, 0.717) is 11.8 Å². The molecule has 0 aliphatic carbocycles. The summed E-state index contributed by atoms with van der Waals surface area (Å²) in [6.07, 6.45) is 0. The quantitative estimate of drug-likeness (QED) is 0.167. The molecular formula is C16H13N4NaO7S2. The van der Waals surface area contributed by atoms with Gasteiger partial charge in [0.15, 0.2) is 5.75 Å². The third-order valence-electron chi connectivity index (χ3n) is 3.90. The number of benzene rings is 3. The van der Waals surface area contributed by atoms with Crippen molar-refractivity contribution in [1.82, 2.24) is 0 Å². The molecule has 3 aromatic rings. The van der Waals surface area contributed by atoms with Crippen LogP contribution in [0.5, 0.6) is 5.75 Å². The summed E-state index contributed by atoms with van der Waals surface area (Å²) in [6, 6.07) is 8.85. The Balaban J connectivity index is 0.00000320. The van der Waals surface area contributed by atoms with Gasteiger partial charge >= 0.3 is 29.6 Å². The number of fused-ring (bicyclic) bond motifs is 1. The molecule has 0 aliphatic rings. The molecule has 14 heteroatoms. The average molecular weight is 460 g/mol. The number of nitrogens with two attached hydrogens (primary N) is 2. The third kappa shape index (κ3) is 4.73. The number of aromatic hydroxyl groups is 1. The van der Waals surface area contributed by atoms with Gasteiger partial charge < -0.3 is 21.1 Å². The second-order valence-corrected chi connectivity index (χ2v) is 8.58.